The Balaban J connectivity index is 2.56. The second-order valence-electron chi connectivity index (χ2n) is 4.67. The first-order chi connectivity index (χ1) is 9.49. The molecule has 0 N–H and O–H groups in total. The molecular formula is C15H14FNO3. The Labute approximate surface area is 115 Å². The topological polar surface area (TPSA) is 54.5 Å². The SMILES string of the molecule is C=CCN1C(=O)C(=O)C(C(C)=O)C1c1ccccc1F. The van der Waals surface area contributed by atoms with Crippen LogP contribution in [0.5, 0.6) is 0 Å². The summed E-state index contributed by atoms with van der Waals surface area (Å²) in [6.45, 7) is 4.85. The Kier molecular flexibility index (Phi) is 3.79. The summed E-state index contributed by atoms with van der Waals surface area (Å²) < 4.78 is 14.0. The third kappa shape index (κ3) is 2.15. The molecule has 1 saturated heterocycles. The van der Waals surface area contributed by atoms with Crippen molar-refractivity contribution >= 4 is 17.5 Å². The Bertz CT molecular complexity index is 597. The van der Waals surface area contributed by atoms with Crippen LogP contribution in [0.4, 0.5) is 4.39 Å². The minimum atomic E-state index is -1.15. The molecule has 20 heavy (non-hydrogen) atoms. The maximum absolute atomic E-state index is 14.0. The van der Waals surface area contributed by atoms with Crippen molar-refractivity contribution in [2.45, 2.75) is 13.0 Å². The van der Waals surface area contributed by atoms with Crippen molar-refractivity contribution < 1.29 is 18.8 Å². The molecule has 0 saturated carbocycles. The highest BCUT2D eigenvalue weighted by Crippen LogP contribution is 2.37. The smallest absolute Gasteiger partial charge is 0.291 e. The van der Waals surface area contributed by atoms with E-state index >= 15 is 0 Å². The summed E-state index contributed by atoms with van der Waals surface area (Å²) >= 11 is 0. The molecule has 5 heteroatoms. The van der Waals surface area contributed by atoms with Gasteiger partial charge in [0, 0.05) is 12.1 Å². The number of likely N-dealkylation sites (tertiary alicyclic amines) is 1. The number of rotatable bonds is 4. The van der Waals surface area contributed by atoms with E-state index in [0.717, 1.165) is 0 Å². The second kappa shape index (κ2) is 5.36. The lowest BCUT2D eigenvalue weighted by Crippen LogP contribution is -2.31. The van der Waals surface area contributed by atoms with Crippen LogP contribution >= 0.6 is 0 Å². The molecular weight excluding hydrogens is 261 g/mol. The van der Waals surface area contributed by atoms with Gasteiger partial charge in [-0.15, -0.1) is 6.58 Å². The highest BCUT2D eigenvalue weighted by atomic mass is 19.1. The van der Waals surface area contributed by atoms with Gasteiger partial charge in [0.05, 0.1) is 6.04 Å². The van der Waals surface area contributed by atoms with E-state index in [1.165, 1.54) is 36.1 Å². The monoisotopic (exact) mass is 275 g/mol. The Morgan fingerprint density at radius 3 is 2.60 bits per heavy atom. The molecule has 0 spiro atoms. The minimum absolute atomic E-state index is 0.0906. The van der Waals surface area contributed by atoms with Gasteiger partial charge in [0.15, 0.2) is 0 Å². The highest BCUT2D eigenvalue weighted by Gasteiger charge is 2.50. The van der Waals surface area contributed by atoms with E-state index in [1.54, 1.807) is 6.07 Å². The lowest BCUT2D eigenvalue weighted by Gasteiger charge is -2.25. The van der Waals surface area contributed by atoms with Crippen LogP contribution in [-0.4, -0.2) is 28.9 Å². The third-order valence-corrected chi connectivity index (χ3v) is 3.39. The zero-order valence-corrected chi connectivity index (χ0v) is 11.0. The molecule has 1 aromatic rings. The van der Waals surface area contributed by atoms with Crippen LogP contribution in [0.15, 0.2) is 36.9 Å². The summed E-state index contributed by atoms with van der Waals surface area (Å²) in [4.78, 5) is 36.8. The number of halogens is 1. The Morgan fingerprint density at radius 2 is 2.05 bits per heavy atom. The van der Waals surface area contributed by atoms with Gasteiger partial charge in [-0.2, -0.15) is 0 Å². The number of Topliss-reactive ketones (excluding diaryl/α,β-unsaturated/α-hetero) is 2. The Morgan fingerprint density at radius 1 is 1.40 bits per heavy atom. The van der Waals surface area contributed by atoms with Gasteiger partial charge in [-0.25, -0.2) is 4.39 Å². The lowest BCUT2D eigenvalue weighted by molar-refractivity contribution is -0.141. The average Bonchev–Trinajstić information content (AvgIpc) is 2.65. The van der Waals surface area contributed by atoms with Gasteiger partial charge in [0.1, 0.15) is 17.5 Å². The first kappa shape index (κ1) is 14.1. The van der Waals surface area contributed by atoms with E-state index in [0.29, 0.717) is 0 Å². The van der Waals surface area contributed by atoms with Crippen molar-refractivity contribution in [2.75, 3.05) is 6.54 Å². The van der Waals surface area contributed by atoms with Crippen LogP contribution in [0.25, 0.3) is 0 Å². The Hall–Kier alpha value is -2.30. The van der Waals surface area contributed by atoms with Crippen molar-refractivity contribution in [3.05, 3.63) is 48.3 Å². The molecule has 2 unspecified atom stereocenters. The fourth-order valence-electron chi connectivity index (χ4n) is 2.53. The fraction of sp³-hybridized carbons (Fsp3) is 0.267. The summed E-state index contributed by atoms with van der Waals surface area (Å²) in [5.41, 5.74) is 0.175. The minimum Gasteiger partial charge on any atom is -0.324 e. The maximum atomic E-state index is 14.0. The van der Waals surface area contributed by atoms with Gasteiger partial charge < -0.3 is 4.90 Å². The first-order valence-electron chi connectivity index (χ1n) is 6.19. The number of hydrogen-bond acceptors (Lipinski definition) is 3. The molecule has 1 aromatic carbocycles. The average molecular weight is 275 g/mol. The van der Waals surface area contributed by atoms with Gasteiger partial charge in [0.25, 0.3) is 5.91 Å². The molecule has 104 valence electrons. The number of amides is 1. The van der Waals surface area contributed by atoms with E-state index in [-0.39, 0.29) is 12.1 Å². The van der Waals surface area contributed by atoms with Gasteiger partial charge in [0.2, 0.25) is 5.78 Å². The van der Waals surface area contributed by atoms with Crippen molar-refractivity contribution in [1.29, 1.82) is 0 Å². The number of nitrogens with zero attached hydrogens (tertiary/aromatic N) is 1. The summed E-state index contributed by atoms with van der Waals surface area (Å²) in [5.74, 6) is -3.69. The van der Waals surface area contributed by atoms with Gasteiger partial charge in [-0.05, 0) is 13.0 Å². The standard InChI is InChI=1S/C15H14FNO3/c1-3-8-17-13(10-6-4-5-7-11(10)16)12(9(2)18)14(19)15(17)20/h3-7,12-13H,1,8H2,2H3. The summed E-state index contributed by atoms with van der Waals surface area (Å²) in [6.07, 6.45) is 1.45. The summed E-state index contributed by atoms with van der Waals surface area (Å²) in [6, 6.07) is 4.95. The second-order valence-corrected chi connectivity index (χ2v) is 4.67. The van der Waals surface area contributed by atoms with E-state index in [9.17, 15) is 18.8 Å². The van der Waals surface area contributed by atoms with Crippen molar-refractivity contribution in [3.8, 4) is 0 Å². The van der Waals surface area contributed by atoms with Gasteiger partial charge in [-0.1, -0.05) is 24.3 Å². The quantitative estimate of drug-likeness (QED) is 0.477. The molecule has 0 radical (unpaired) electrons. The number of carbonyl (C=O) groups excluding carboxylic acids is 3. The molecule has 1 aliphatic heterocycles. The fourth-order valence-corrected chi connectivity index (χ4v) is 2.53. The lowest BCUT2D eigenvalue weighted by atomic mass is 9.89. The molecule has 0 aliphatic carbocycles. The predicted octanol–water partition coefficient (Wildman–Crippen LogP) is 1.67. The van der Waals surface area contributed by atoms with E-state index in [1.807, 2.05) is 0 Å². The number of hydrogen-bond donors (Lipinski definition) is 0. The zero-order valence-electron chi connectivity index (χ0n) is 11.0. The normalized spacial score (nSPS) is 22.2. The van der Waals surface area contributed by atoms with Crippen molar-refractivity contribution in [2.24, 2.45) is 5.92 Å². The molecule has 2 atom stereocenters. The molecule has 1 heterocycles. The molecule has 4 nitrogen and oxygen atoms in total. The van der Waals surface area contributed by atoms with E-state index in [2.05, 4.69) is 6.58 Å². The van der Waals surface area contributed by atoms with Crippen LogP contribution in [0.3, 0.4) is 0 Å². The zero-order chi connectivity index (χ0) is 14.9. The van der Waals surface area contributed by atoms with Crippen LogP contribution in [0, 0.1) is 11.7 Å². The van der Waals surface area contributed by atoms with Gasteiger partial charge >= 0.3 is 0 Å². The number of ketones is 2. The predicted molar refractivity (Wildman–Crippen MR) is 70.2 cm³/mol. The summed E-state index contributed by atoms with van der Waals surface area (Å²) in [7, 11) is 0. The maximum Gasteiger partial charge on any atom is 0.291 e. The van der Waals surface area contributed by atoms with E-state index in [4.69, 9.17) is 0 Å². The number of carbonyl (C=O) groups is 3. The van der Waals surface area contributed by atoms with Crippen LogP contribution < -0.4 is 0 Å². The summed E-state index contributed by atoms with van der Waals surface area (Å²) in [5, 5.41) is 0. The molecule has 1 fully saturated rings. The van der Waals surface area contributed by atoms with Crippen molar-refractivity contribution in [1.82, 2.24) is 4.90 Å². The largest absolute Gasteiger partial charge is 0.324 e. The van der Waals surface area contributed by atoms with E-state index < -0.39 is 35.3 Å². The molecule has 0 aromatic heterocycles. The molecule has 1 amide bonds. The highest BCUT2D eigenvalue weighted by molar-refractivity contribution is 6.42. The van der Waals surface area contributed by atoms with Gasteiger partial charge in [-0.3, -0.25) is 14.4 Å². The van der Waals surface area contributed by atoms with Crippen molar-refractivity contribution in [3.63, 3.8) is 0 Å². The van der Waals surface area contributed by atoms with Crippen LogP contribution in [0.1, 0.15) is 18.5 Å². The molecule has 0 bridgehead atoms. The van der Waals surface area contributed by atoms with Crippen LogP contribution in [0.2, 0.25) is 0 Å². The molecule has 1 aliphatic rings. The molecule has 2 rings (SSSR count). The number of benzene rings is 1. The first-order valence-corrected chi connectivity index (χ1v) is 6.19. The third-order valence-electron chi connectivity index (χ3n) is 3.39. The van der Waals surface area contributed by atoms with Crippen LogP contribution in [-0.2, 0) is 14.4 Å².